The molecule has 0 unspecified atom stereocenters. The van der Waals surface area contributed by atoms with Crippen molar-refractivity contribution >= 4 is 50.3 Å². The molecule has 0 radical (unpaired) electrons. The second kappa shape index (κ2) is 5.60. The Morgan fingerprint density at radius 3 is 2.60 bits per heavy atom. The molecule has 1 aromatic carbocycles. The molecule has 0 amide bonds. The molecule has 5 heteroatoms. The minimum Gasteiger partial charge on any atom is -0.481 e. The van der Waals surface area contributed by atoms with Crippen LogP contribution in [-0.4, -0.2) is 22.2 Å². The fraction of sp³-hybridized carbons (Fsp3) is 0.200. The van der Waals surface area contributed by atoms with Crippen LogP contribution in [0, 0.1) is 3.57 Å². The first-order valence-corrected chi connectivity index (χ1v) is 6.34. The smallest absolute Gasteiger partial charge is 0.307 e. The highest BCUT2D eigenvalue weighted by Gasteiger charge is 2.09. The minimum atomic E-state index is -0.892. The standard InChI is InChI=1S/C10H8BrIO3/c11-5-9(13)6-1-2-8(12)7(3-6)4-10(14)15/h1-3H,4-5H2,(H,14,15). The molecule has 1 aromatic rings. The lowest BCUT2D eigenvalue weighted by atomic mass is 10.1. The number of Topliss-reactive ketones (excluding diaryl/α,β-unsaturated/α-hetero) is 1. The van der Waals surface area contributed by atoms with E-state index in [0.717, 1.165) is 3.57 Å². The molecule has 0 aliphatic heterocycles. The average molecular weight is 383 g/mol. The Hall–Kier alpha value is -0.430. The molecule has 0 saturated carbocycles. The van der Waals surface area contributed by atoms with Crippen molar-refractivity contribution in [2.75, 3.05) is 5.33 Å². The van der Waals surface area contributed by atoms with Crippen molar-refractivity contribution in [3.8, 4) is 0 Å². The molecule has 0 aliphatic carbocycles. The average Bonchev–Trinajstić information content (AvgIpc) is 2.19. The number of ketones is 1. The lowest BCUT2D eigenvalue weighted by Gasteiger charge is -2.04. The van der Waals surface area contributed by atoms with Gasteiger partial charge in [-0.25, -0.2) is 0 Å². The van der Waals surface area contributed by atoms with E-state index in [2.05, 4.69) is 38.5 Å². The van der Waals surface area contributed by atoms with Gasteiger partial charge < -0.3 is 5.11 Å². The first-order chi connectivity index (χ1) is 7.04. The number of hydrogen-bond donors (Lipinski definition) is 1. The van der Waals surface area contributed by atoms with Gasteiger partial charge in [0.05, 0.1) is 11.8 Å². The highest BCUT2D eigenvalue weighted by atomic mass is 127. The Labute approximate surface area is 109 Å². The van der Waals surface area contributed by atoms with Gasteiger partial charge in [-0.2, -0.15) is 0 Å². The van der Waals surface area contributed by atoms with Crippen LogP contribution in [0.25, 0.3) is 0 Å². The topological polar surface area (TPSA) is 54.4 Å². The summed E-state index contributed by atoms with van der Waals surface area (Å²) < 4.78 is 0.862. The number of benzene rings is 1. The summed E-state index contributed by atoms with van der Waals surface area (Å²) in [5.74, 6) is -0.936. The Morgan fingerprint density at radius 1 is 1.40 bits per heavy atom. The molecule has 15 heavy (non-hydrogen) atoms. The van der Waals surface area contributed by atoms with Crippen LogP contribution in [0.4, 0.5) is 0 Å². The van der Waals surface area contributed by atoms with E-state index in [4.69, 9.17) is 5.11 Å². The number of alkyl halides is 1. The van der Waals surface area contributed by atoms with Crippen molar-refractivity contribution < 1.29 is 14.7 Å². The van der Waals surface area contributed by atoms with E-state index in [-0.39, 0.29) is 17.5 Å². The van der Waals surface area contributed by atoms with Crippen LogP contribution in [-0.2, 0) is 11.2 Å². The van der Waals surface area contributed by atoms with Crippen molar-refractivity contribution in [1.82, 2.24) is 0 Å². The van der Waals surface area contributed by atoms with Gasteiger partial charge in [0.15, 0.2) is 5.78 Å². The number of carbonyl (C=O) groups is 2. The maximum absolute atomic E-state index is 11.4. The van der Waals surface area contributed by atoms with Gasteiger partial charge in [0.1, 0.15) is 0 Å². The van der Waals surface area contributed by atoms with Crippen molar-refractivity contribution in [2.24, 2.45) is 0 Å². The van der Waals surface area contributed by atoms with Crippen LogP contribution in [0.15, 0.2) is 18.2 Å². The molecular weight excluding hydrogens is 375 g/mol. The van der Waals surface area contributed by atoms with E-state index >= 15 is 0 Å². The van der Waals surface area contributed by atoms with Crippen LogP contribution < -0.4 is 0 Å². The molecule has 0 bridgehead atoms. The zero-order chi connectivity index (χ0) is 11.4. The van der Waals surface area contributed by atoms with Crippen LogP contribution in [0.3, 0.4) is 0 Å². The molecule has 0 heterocycles. The van der Waals surface area contributed by atoms with Gasteiger partial charge >= 0.3 is 5.97 Å². The van der Waals surface area contributed by atoms with Crippen LogP contribution in [0.2, 0.25) is 0 Å². The van der Waals surface area contributed by atoms with E-state index in [1.54, 1.807) is 18.2 Å². The van der Waals surface area contributed by atoms with Gasteiger partial charge in [-0.3, -0.25) is 9.59 Å². The van der Waals surface area contributed by atoms with Crippen molar-refractivity contribution in [3.05, 3.63) is 32.9 Å². The Kier molecular flexibility index (Phi) is 4.72. The summed E-state index contributed by atoms with van der Waals surface area (Å²) in [5.41, 5.74) is 1.22. The van der Waals surface area contributed by atoms with Gasteiger partial charge in [-0.1, -0.05) is 22.0 Å². The Morgan fingerprint density at radius 2 is 2.07 bits per heavy atom. The zero-order valence-electron chi connectivity index (χ0n) is 7.67. The third-order valence-electron chi connectivity index (χ3n) is 1.83. The summed E-state index contributed by atoms with van der Waals surface area (Å²) in [6.07, 6.45) is -0.0539. The van der Waals surface area contributed by atoms with Gasteiger partial charge in [-0.05, 0) is 40.3 Å². The summed E-state index contributed by atoms with van der Waals surface area (Å²) in [5, 5.41) is 8.93. The minimum absolute atomic E-state index is 0.0435. The van der Waals surface area contributed by atoms with Crippen molar-refractivity contribution in [2.45, 2.75) is 6.42 Å². The van der Waals surface area contributed by atoms with Gasteiger partial charge in [-0.15, -0.1) is 0 Å². The molecule has 0 aliphatic rings. The molecule has 0 saturated heterocycles. The molecule has 0 spiro atoms. The molecule has 0 atom stereocenters. The second-order valence-corrected chi connectivity index (χ2v) is 4.66. The Bertz CT molecular complexity index is 404. The highest BCUT2D eigenvalue weighted by Crippen LogP contribution is 2.16. The first kappa shape index (κ1) is 12.6. The summed E-state index contributed by atoms with van der Waals surface area (Å²) >= 11 is 5.14. The molecule has 1 N–H and O–H groups in total. The van der Waals surface area contributed by atoms with E-state index in [0.29, 0.717) is 11.1 Å². The number of hydrogen-bond acceptors (Lipinski definition) is 2. The third kappa shape index (κ3) is 3.57. The van der Waals surface area contributed by atoms with E-state index < -0.39 is 5.97 Å². The van der Waals surface area contributed by atoms with Crippen molar-refractivity contribution in [1.29, 1.82) is 0 Å². The van der Waals surface area contributed by atoms with Crippen LogP contribution in [0.5, 0.6) is 0 Å². The number of aliphatic carboxylic acids is 1. The summed E-state index contributed by atoms with van der Waals surface area (Å²) in [6.45, 7) is 0. The number of halogens is 2. The van der Waals surface area contributed by atoms with E-state index in [9.17, 15) is 9.59 Å². The lowest BCUT2D eigenvalue weighted by Crippen LogP contribution is -2.06. The number of carboxylic acid groups (broad SMARTS) is 1. The predicted molar refractivity (Wildman–Crippen MR) is 68.6 cm³/mol. The fourth-order valence-electron chi connectivity index (χ4n) is 1.12. The zero-order valence-corrected chi connectivity index (χ0v) is 11.4. The van der Waals surface area contributed by atoms with Crippen molar-refractivity contribution in [3.63, 3.8) is 0 Å². The first-order valence-electron chi connectivity index (χ1n) is 4.14. The normalized spacial score (nSPS) is 10.0. The van der Waals surface area contributed by atoms with E-state index in [1.165, 1.54) is 0 Å². The maximum Gasteiger partial charge on any atom is 0.307 e. The summed E-state index contributed by atoms with van der Waals surface area (Å²) in [7, 11) is 0. The number of rotatable bonds is 4. The number of carbonyl (C=O) groups excluding carboxylic acids is 1. The SMILES string of the molecule is O=C(O)Cc1cc(C(=O)CBr)ccc1I. The summed E-state index contributed by atoms with van der Waals surface area (Å²) in [6, 6.07) is 5.10. The lowest BCUT2D eigenvalue weighted by molar-refractivity contribution is -0.136. The number of carboxylic acids is 1. The van der Waals surface area contributed by atoms with E-state index in [1.807, 2.05) is 0 Å². The molecule has 0 aromatic heterocycles. The fourth-order valence-corrected chi connectivity index (χ4v) is 1.97. The third-order valence-corrected chi connectivity index (χ3v) is 3.39. The molecule has 80 valence electrons. The van der Waals surface area contributed by atoms with Crippen LogP contribution >= 0.6 is 38.5 Å². The molecule has 1 rings (SSSR count). The quantitative estimate of drug-likeness (QED) is 0.494. The van der Waals surface area contributed by atoms with Gasteiger partial charge in [0.2, 0.25) is 0 Å². The predicted octanol–water partition coefficient (Wildman–Crippen LogP) is 2.50. The van der Waals surface area contributed by atoms with Crippen LogP contribution in [0.1, 0.15) is 15.9 Å². The maximum atomic E-state index is 11.4. The molecule has 0 fully saturated rings. The molecule has 3 nitrogen and oxygen atoms in total. The molecular formula is C10H8BrIO3. The largest absolute Gasteiger partial charge is 0.481 e. The highest BCUT2D eigenvalue weighted by molar-refractivity contribution is 14.1. The monoisotopic (exact) mass is 382 g/mol. The summed E-state index contributed by atoms with van der Waals surface area (Å²) in [4.78, 5) is 21.9. The van der Waals surface area contributed by atoms with Gasteiger partial charge in [0, 0.05) is 9.13 Å². The second-order valence-electron chi connectivity index (χ2n) is 2.93. The van der Waals surface area contributed by atoms with Gasteiger partial charge in [0.25, 0.3) is 0 Å². The Balaban J connectivity index is 3.05.